The van der Waals surface area contributed by atoms with Crippen molar-refractivity contribution in [1.29, 1.82) is 0 Å². The molecule has 0 heterocycles. The Morgan fingerprint density at radius 1 is 0.281 bits per heavy atom. The Kier molecular flexibility index (Phi) is 57.1. The summed E-state index contributed by atoms with van der Waals surface area (Å²) >= 11 is 0. The molecule has 0 radical (unpaired) electrons. The second-order valence-electron chi connectivity index (χ2n) is 14.3. The molecule has 57 heavy (non-hydrogen) atoms. The van der Waals surface area contributed by atoms with E-state index in [0.717, 1.165) is 154 Å². The Bertz CT molecular complexity index is 842. The second-order valence-corrected chi connectivity index (χ2v) is 22.0. The Balaban J connectivity index is -0.000000210. The molecular weight excluding hydrogens is 892 g/mol. The average Bonchev–Trinajstić information content (AvgIpc) is 3.13. The average molecular weight is 981 g/mol. The maximum absolute atomic E-state index is 11.3. The summed E-state index contributed by atoms with van der Waals surface area (Å²) in [7, 11) is -14.0. The summed E-state index contributed by atoms with van der Waals surface area (Å²) in [4.78, 5) is 45.1. The van der Waals surface area contributed by atoms with Crippen LogP contribution in [0.1, 0.15) is 209 Å². The molecule has 0 spiro atoms. The molecular formula is C40H88MoO12P4. The molecule has 4 unspecified atom stereocenters. The van der Waals surface area contributed by atoms with Gasteiger partial charge in [-0.1, -0.05) is 158 Å². The van der Waals surface area contributed by atoms with E-state index in [0.29, 0.717) is 26.4 Å². The Morgan fingerprint density at radius 3 is 0.561 bits per heavy atom. The van der Waals surface area contributed by atoms with Gasteiger partial charge in [0.15, 0.2) is 0 Å². The molecule has 0 bridgehead atoms. The van der Waals surface area contributed by atoms with Crippen molar-refractivity contribution in [2.24, 2.45) is 0 Å². The summed E-state index contributed by atoms with van der Waals surface area (Å²) in [5.41, 5.74) is 0. The third kappa shape index (κ3) is 61.7. The molecule has 0 aliphatic rings. The summed E-state index contributed by atoms with van der Waals surface area (Å²) in [5, 5.41) is 0. The molecule has 0 rings (SSSR count). The number of hydrogen-bond donors (Lipinski definition) is 0. The van der Waals surface area contributed by atoms with Crippen LogP contribution in [0.3, 0.4) is 0 Å². The van der Waals surface area contributed by atoms with Gasteiger partial charge in [-0.3, -0.25) is 0 Å². The van der Waals surface area contributed by atoms with Gasteiger partial charge in [-0.05, 0) is 51.4 Å². The Hall–Kier alpha value is 1.29. The first-order valence-corrected chi connectivity index (χ1v) is 29.2. The van der Waals surface area contributed by atoms with Gasteiger partial charge in [0.25, 0.3) is 0 Å². The molecule has 4 atom stereocenters. The van der Waals surface area contributed by atoms with E-state index in [1.165, 1.54) is 0 Å². The van der Waals surface area contributed by atoms with E-state index >= 15 is 0 Å². The van der Waals surface area contributed by atoms with Crippen LogP contribution in [0, 0.1) is 0 Å². The molecule has 0 saturated carbocycles. The number of rotatable bonds is 36. The van der Waals surface area contributed by atoms with Crippen LogP contribution >= 0.6 is 30.4 Å². The van der Waals surface area contributed by atoms with Crippen molar-refractivity contribution < 1.29 is 77.0 Å². The van der Waals surface area contributed by atoms with E-state index in [-0.39, 0.29) is 45.7 Å². The minimum Gasteiger partial charge on any atom is -0.778 e. The largest absolute Gasteiger partial charge is 4.00 e. The van der Waals surface area contributed by atoms with Crippen molar-refractivity contribution in [3.8, 4) is 0 Å². The van der Waals surface area contributed by atoms with Gasteiger partial charge in [0.2, 0.25) is 0 Å². The normalized spacial score (nSPS) is 15.1. The SMILES string of the molecule is CCCCCOP(=O)([O-])CCCCC.CCCCCOP(=O)([O-])CCCCC.CCCCCOP(=O)([O-])CCCCC.CCCCCOP(=O)([O-])CCCCC.[Mo+4]. The van der Waals surface area contributed by atoms with E-state index in [4.69, 9.17) is 18.1 Å². The van der Waals surface area contributed by atoms with Crippen molar-refractivity contribution >= 4 is 30.4 Å². The van der Waals surface area contributed by atoms with Gasteiger partial charge < -0.3 is 55.9 Å². The third-order valence-electron chi connectivity index (χ3n) is 8.29. The fraction of sp³-hybridized carbons (Fsp3) is 1.00. The van der Waals surface area contributed by atoms with Gasteiger partial charge in [0.1, 0.15) is 30.4 Å². The zero-order valence-corrected chi connectivity index (χ0v) is 43.3. The van der Waals surface area contributed by atoms with Crippen molar-refractivity contribution in [3.63, 3.8) is 0 Å². The van der Waals surface area contributed by atoms with Gasteiger partial charge in [0, 0.05) is 24.6 Å². The molecule has 0 saturated heterocycles. The van der Waals surface area contributed by atoms with Gasteiger partial charge in [0.05, 0.1) is 26.4 Å². The molecule has 0 aromatic carbocycles. The maximum Gasteiger partial charge on any atom is 4.00 e. The van der Waals surface area contributed by atoms with Crippen LogP contribution in [-0.4, -0.2) is 51.1 Å². The third-order valence-corrected chi connectivity index (χ3v) is 14.0. The summed E-state index contributed by atoms with van der Waals surface area (Å²) in [6.45, 7) is 18.0. The summed E-state index contributed by atoms with van der Waals surface area (Å²) in [5.74, 6) is 0. The first kappa shape index (κ1) is 67.4. The zero-order chi connectivity index (χ0) is 43.5. The minimum atomic E-state index is -3.51. The van der Waals surface area contributed by atoms with E-state index < -0.39 is 30.4 Å². The number of unbranched alkanes of at least 4 members (excludes halogenated alkanes) is 16. The van der Waals surface area contributed by atoms with Crippen molar-refractivity contribution in [2.75, 3.05) is 51.1 Å². The molecule has 0 aliphatic heterocycles. The standard InChI is InChI=1S/4C10H23O3P.Mo/c4*1-3-5-7-9-13-14(11,12)10-8-6-4-2;/h4*3-10H2,1-2H3,(H,11,12);/q;;;;+4/p-4. The van der Waals surface area contributed by atoms with E-state index in [1.54, 1.807) is 0 Å². The molecule has 0 aromatic rings. The maximum atomic E-state index is 11.3. The Morgan fingerprint density at radius 2 is 0.421 bits per heavy atom. The van der Waals surface area contributed by atoms with Crippen LogP contribution in [0.15, 0.2) is 0 Å². The van der Waals surface area contributed by atoms with E-state index in [9.17, 15) is 37.8 Å². The summed E-state index contributed by atoms with van der Waals surface area (Å²) in [6, 6.07) is 0. The second kappa shape index (κ2) is 48.3. The van der Waals surface area contributed by atoms with Crippen LogP contribution < -0.4 is 19.6 Å². The van der Waals surface area contributed by atoms with Gasteiger partial charge in [-0.25, -0.2) is 0 Å². The monoisotopic (exact) mass is 982 g/mol. The predicted molar refractivity (Wildman–Crippen MR) is 230 cm³/mol. The quantitative estimate of drug-likeness (QED) is 0.0327. The first-order valence-electron chi connectivity index (χ1n) is 22.3. The van der Waals surface area contributed by atoms with Gasteiger partial charge in [-0.2, -0.15) is 0 Å². The molecule has 12 nitrogen and oxygen atoms in total. The number of hydrogen-bond acceptors (Lipinski definition) is 12. The first-order chi connectivity index (χ1) is 26.5. The van der Waals surface area contributed by atoms with Crippen LogP contribution in [0.5, 0.6) is 0 Å². The fourth-order valence-corrected chi connectivity index (χ4v) is 9.29. The minimum absolute atomic E-state index is 0. The van der Waals surface area contributed by atoms with Crippen LogP contribution in [0.25, 0.3) is 0 Å². The van der Waals surface area contributed by atoms with Crippen LogP contribution in [0.4, 0.5) is 0 Å². The van der Waals surface area contributed by atoms with E-state index in [1.807, 2.05) is 0 Å². The molecule has 0 N–H and O–H groups in total. The molecule has 0 aliphatic carbocycles. The van der Waals surface area contributed by atoms with Crippen LogP contribution in [0.2, 0.25) is 0 Å². The topological polar surface area (TPSA) is 197 Å². The Labute approximate surface area is 366 Å². The smallest absolute Gasteiger partial charge is 0.778 e. The molecule has 0 amide bonds. The van der Waals surface area contributed by atoms with Crippen molar-refractivity contribution in [2.45, 2.75) is 209 Å². The van der Waals surface area contributed by atoms with Crippen molar-refractivity contribution in [3.05, 3.63) is 0 Å². The zero-order valence-electron chi connectivity index (χ0n) is 37.7. The van der Waals surface area contributed by atoms with Crippen molar-refractivity contribution in [1.82, 2.24) is 0 Å². The predicted octanol–water partition coefficient (Wildman–Crippen LogP) is 11.7. The van der Waals surface area contributed by atoms with Gasteiger partial charge >= 0.3 is 21.1 Å². The summed E-state index contributed by atoms with van der Waals surface area (Å²) in [6.07, 6.45) is 23.6. The molecule has 17 heteroatoms. The fourth-order valence-electron chi connectivity index (χ4n) is 4.70. The molecule has 0 aromatic heterocycles. The molecule has 0 fully saturated rings. The van der Waals surface area contributed by atoms with Crippen LogP contribution in [-0.2, 0) is 57.4 Å². The van der Waals surface area contributed by atoms with Gasteiger partial charge in [-0.15, -0.1) is 0 Å². The molecule has 346 valence electrons. The van der Waals surface area contributed by atoms with E-state index in [2.05, 4.69) is 55.4 Å². The summed E-state index contributed by atoms with van der Waals surface area (Å²) < 4.78 is 64.6.